The molecule has 0 bridgehead atoms. The lowest BCUT2D eigenvalue weighted by Crippen LogP contribution is -2.53. The first-order valence-electron chi connectivity index (χ1n) is 21.3. The summed E-state index contributed by atoms with van der Waals surface area (Å²) in [5.74, 6) is -1.27. The fraction of sp³-hybridized carbons (Fsp3) is 0.875. The number of carbonyl (C=O) groups is 5. The van der Waals surface area contributed by atoms with E-state index in [2.05, 4.69) is 28.2 Å². The maximum Gasteiger partial charge on any atom is 0.243 e. The first-order valence-corrected chi connectivity index (χ1v) is 21.3. The minimum atomic E-state index is -0.694. The van der Waals surface area contributed by atoms with Crippen LogP contribution in [0.3, 0.4) is 0 Å². The van der Waals surface area contributed by atoms with Crippen molar-refractivity contribution in [2.45, 2.75) is 198 Å². The minimum Gasteiger partial charge on any atom is -0.368 e. The van der Waals surface area contributed by atoms with Crippen LogP contribution in [0.5, 0.6) is 0 Å². The van der Waals surface area contributed by atoms with E-state index in [1.807, 2.05) is 0 Å². The molecule has 0 fully saturated rings. The van der Waals surface area contributed by atoms with Gasteiger partial charge in [-0.3, -0.25) is 24.0 Å². The van der Waals surface area contributed by atoms with Crippen molar-refractivity contribution in [3.63, 3.8) is 0 Å². The van der Waals surface area contributed by atoms with Crippen LogP contribution in [0, 0.1) is 0 Å². The number of amides is 5. The fourth-order valence-corrected chi connectivity index (χ4v) is 6.33. The number of nitrogens with two attached hydrogens (primary N) is 4. The lowest BCUT2D eigenvalue weighted by molar-refractivity contribution is -0.132. The van der Waals surface area contributed by atoms with E-state index in [9.17, 15) is 24.0 Å². The van der Waals surface area contributed by atoms with Gasteiger partial charge < -0.3 is 44.2 Å². The number of hydrogen-bond donors (Lipinski definition) is 8. The SMILES string of the molecule is CCCCCCCCCC(=O)NC(CCCCN)C(=O)NC(CCCCN)C(=O)NCCCCCCCCCCCC(=O)NC(CCCCN)C(N)=O. The summed E-state index contributed by atoms with van der Waals surface area (Å²) in [6.45, 7) is 4.33. The van der Waals surface area contributed by atoms with E-state index in [-0.39, 0.29) is 23.6 Å². The molecule has 0 saturated heterocycles. The normalized spacial score (nSPS) is 12.8. The molecule has 0 aromatic heterocycles. The summed E-state index contributed by atoms with van der Waals surface area (Å²) in [5, 5.41) is 11.6. The second-order valence-electron chi connectivity index (χ2n) is 14.7. The topological polar surface area (TPSA) is 238 Å². The van der Waals surface area contributed by atoms with Crippen molar-refractivity contribution in [1.29, 1.82) is 0 Å². The summed E-state index contributed by atoms with van der Waals surface area (Å²) in [5.41, 5.74) is 22.3. The second kappa shape index (κ2) is 36.2. The minimum absolute atomic E-state index is 0.124. The molecule has 0 rings (SSSR count). The van der Waals surface area contributed by atoms with E-state index < -0.39 is 24.0 Å². The Bertz CT molecular complexity index is 954. The monoisotopic (exact) mass is 753 g/mol. The Labute approximate surface area is 321 Å². The Morgan fingerprint density at radius 2 is 0.811 bits per heavy atom. The number of primary amides is 1. The van der Waals surface area contributed by atoms with Crippen LogP contribution in [-0.2, 0) is 24.0 Å². The van der Waals surface area contributed by atoms with Gasteiger partial charge in [0.15, 0.2) is 0 Å². The molecular weight excluding hydrogens is 672 g/mol. The molecule has 13 nitrogen and oxygen atoms in total. The zero-order valence-corrected chi connectivity index (χ0v) is 33.5. The average molecular weight is 753 g/mol. The molecule has 13 heteroatoms. The van der Waals surface area contributed by atoms with Crippen molar-refractivity contribution >= 4 is 29.5 Å². The van der Waals surface area contributed by atoms with Crippen LogP contribution in [0.2, 0.25) is 0 Å². The Kier molecular flexibility index (Phi) is 34.3. The molecule has 0 aromatic carbocycles. The molecule has 310 valence electrons. The van der Waals surface area contributed by atoms with Gasteiger partial charge >= 0.3 is 0 Å². The van der Waals surface area contributed by atoms with Gasteiger partial charge in [-0.25, -0.2) is 0 Å². The number of rotatable bonds is 38. The summed E-state index contributed by atoms with van der Waals surface area (Å²) in [4.78, 5) is 63.1. The summed E-state index contributed by atoms with van der Waals surface area (Å²) >= 11 is 0. The lowest BCUT2D eigenvalue weighted by Gasteiger charge is -2.23. The van der Waals surface area contributed by atoms with Gasteiger partial charge in [0.25, 0.3) is 0 Å². The third kappa shape index (κ3) is 30.3. The van der Waals surface area contributed by atoms with Gasteiger partial charge in [-0.1, -0.05) is 90.4 Å². The van der Waals surface area contributed by atoms with Crippen molar-refractivity contribution in [2.75, 3.05) is 26.2 Å². The highest BCUT2D eigenvalue weighted by atomic mass is 16.2. The fourth-order valence-electron chi connectivity index (χ4n) is 6.33. The number of nitrogens with one attached hydrogen (secondary N) is 4. The Hall–Kier alpha value is -2.77. The maximum absolute atomic E-state index is 13.4. The van der Waals surface area contributed by atoms with Crippen LogP contribution in [0.4, 0.5) is 0 Å². The molecule has 0 aliphatic heterocycles. The van der Waals surface area contributed by atoms with Crippen molar-refractivity contribution in [3.8, 4) is 0 Å². The van der Waals surface area contributed by atoms with Gasteiger partial charge in [-0.15, -0.1) is 0 Å². The van der Waals surface area contributed by atoms with E-state index in [1.165, 1.54) is 25.7 Å². The zero-order valence-electron chi connectivity index (χ0n) is 33.5. The summed E-state index contributed by atoms with van der Waals surface area (Å²) < 4.78 is 0. The molecule has 3 atom stereocenters. The third-order valence-corrected chi connectivity index (χ3v) is 9.69. The maximum atomic E-state index is 13.4. The van der Waals surface area contributed by atoms with Gasteiger partial charge in [-0.2, -0.15) is 0 Å². The molecule has 0 heterocycles. The summed E-state index contributed by atoms with van der Waals surface area (Å²) in [6, 6.07) is -1.99. The molecule has 0 spiro atoms. The Morgan fingerprint density at radius 1 is 0.434 bits per heavy atom. The quantitative estimate of drug-likeness (QED) is 0.0418. The molecule has 53 heavy (non-hydrogen) atoms. The molecule has 0 aliphatic carbocycles. The molecular formula is C40H80N8O5. The van der Waals surface area contributed by atoms with E-state index in [1.54, 1.807) is 0 Å². The van der Waals surface area contributed by atoms with Crippen molar-refractivity contribution in [2.24, 2.45) is 22.9 Å². The molecule has 5 amide bonds. The van der Waals surface area contributed by atoms with Gasteiger partial charge in [0.2, 0.25) is 29.5 Å². The highest BCUT2D eigenvalue weighted by molar-refractivity contribution is 5.92. The molecule has 3 unspecified atom stereocenters. The van der Waals surface area contributed by atoms with Crippen LogP contribution in [-0.4, -0.2) is 73.8 Å². The van der Waals surface area contributed by atoms with Gasteiger partial charge in [0.1, 0.15) is 18.1 Å². The lowest BCUT2D eigenvalue weighted by atomic mass is 10.0. The summed E-state index contributed by atoms with van der Waals surface area (Å²) in [6.07, 6.45) is 23.7. The molecule has 0 aliphatic rings. The second-order valence-corrected chi connectivity index (χ2v) is 14.7. The molecule has 12 N–H and O–H groups in total. The van der Waals surface area contributed by atoms with E-state index in [0.717, 1.165) is 109 Å². The highest BCUT2D eigenvalue weighted by Gasteiger charge is 2.26. The zero-order chi connectivity index (χ0) is 39.4. The van der Waals surface area contributed by atoms with Gasteiger partial charge in [0, 0.05) is 19.4 Å². The summed E-state index contributed by atoms with van der Waals surface area (Å²) in [7, 11) is 0. The molecule has 0 saturated carbocycles. The van der Waals surface area contributed by atoms with Crippen molar-refractivity contribution in [3.05, 3.63) is 0 Å². The number of hydrogen-bond acceptors (Lipinski definition) is 8. The average Bonchev–Trinajstić information content (AvgIpc) is 3.13. The van der Waals surface area contributed by atoms with Crippen LogP contribution in [0.15, 0.2) is 0 Å². The van der Waals surface area contributed by atoms with E-state index >= 15 is 0 Å². The van der Waals surface area contributed by atoms with Crippen LogP contribution < -0.4 is 44.2 Å². The predicted molar refractivity (Wildman–Crippen MR) is 215 cm³/mol. The molecule has 0 aromatic rings. The third-order valence-electron chi connectivity index (χ3n) is 9.69. The van der Waals surface area contributed by atoms with Crippen LogP contribution >= 0.6 is 0 Å². The van der Waals surface area contributed by atoms with Crippen molar-refractivity contribution in [1.82, 2.24) is 21.3 Å². The highest BCUT2D eigenvalue weighted by Crippen LogP contribution is 2.12. The Balaban J connectivity index is 4.47. The first kappa shape index (κ1) is 50.2. The first-order chi connectivity index (χ1) is 25.7. The van der Waals surface area contributed by atoms with E-state index in [4.69, 9.17) is 22.9 Å². The Morgan fingerprint density at radius 3 is 1.25 bits per heavy atom. The van der Waals surface area contributed by atoms with Gasteiger partial charge in [0.05, 0.1) is 0 Å². The van der Waals surface area contributed by atoms with Crippen LogP contribution in [0.1, 0.15) is 180 Å². The van der Waals surface area contributed by atoms with E-state index in [0.29, 0.717) is 64.7 Å². The van der Waals surface area contributed by atoms with Gasteiger partial charge in [-0.05, 0) is 96.7 Å². The van der Waals surface area contributed by atoms with Crippen LogP contribution in [0.25, 0.3) is 0 Å². The number of carbonyl (C=O) groups excluding carboxylic acids is 5. The molecule has 0 radical (unpaired) electrons. The predicted octanol–water partition coefficient (Wildman–Crippen LogP) is 4.47. The number of unbranched alkanes of at least 4 members (excludes halogenated alkanes) is 17. The standard InChI is InChI=1S/C40H80N8O5/c1-2-3-4-5-9-12-16-28-37(50)47-35(26-19-22-31-43)40(53)48-34(25-18-21-30-42)39(52)45-32-23-14-11-8-6-7-10-13-15-27-36(49)46-33(38(44)51)24-17-20-29-41/h33-35H,2-32,41-43H2,1H3,(H2,44,51)(H,45,52)(H,46,49)(H,47,50)(H,48,53). The smallest absolute Gasteiger partial charge is 0.243 e. The largest absolute Gasteiger partial charge is 0.368 e. The van der Waals surface area contributed by atoms with Crippen molar-refractivity contribution < 1.29 is 24.0 Å².